The van der Waals surface area contributed by atoms with Crippen LogP contribution in [0.4, 0.5) is 20.2 Å². The number of benzene rings is 7. The third-order valence-electron chi connectivity index (χ3n) is 16.6. The number of carboxylic acids is 1. The van der Waals surface area contributed by atoms with Crippen molar-refractivity contribution in [1.29, 1.82) is 0 Å². The van der Waals surface area contributed by atoms with Gasteiger partial charge in [-0.3, -0.25) is 33.2 Å². The van der Waals surface area contributed by atoms with Gasteiger partial charge in [-0.15, -0.1) is 0 Å². The molecule has 7 rings (SSSR count). The van der Waals surface area contributed by atoms with Crippen molar-refractivity contribution in [2.75, 3.05) is 55.0 Å². The minimum absolute atomic E-state index is 0. The number of esters is 2. The maximum atomic E-state index is 14.0. The Balaban J connectivity index is 0.00000138. The van der Waals surface area contributed by atoms with Crippen molar-refractivity contribution in [3.05, 3.63) is 254 Å². The van der Waals surface area contributed by atoms with Crippen molar-refractivity contribution in [1.82, 2.24) is 5.32 Å². The largest absolute Gasteiger partial charge is 1.00 e. The van der Waals surface area contributed by atoms with E-state index >= 15 is 0 Å². The SMILES string of the molecule is CC(C)(C)c1ccc(C=O)cc1.CC(C)(C)c1ccc(CCC(=O)NCc2ccc(NS(C)(=O)=O)c(F)c2)cc1.CC(C)(C)c1ccc(CCC(=O)O)cc1.CCOC(=O)/C=C\c1ccc(C(C)(C)C)cc1.CCOC(=O)CCc1ccc(C(C)(C)C)cc1.CCOO/C=C/P(=O)(OCC)OCC.CS(=O)(=O)Nc1ccc(C[NH3+])cc1F.[Cl-]. The fraction of sp³-hybridized carbons (Fsp3) is 0.440. The molecule has 7 aromatic carbocycles. The highest BCUT2D eigenvalue weighted by Crippen LogP contribution is 2.49. The minimum Gasteiger partial charge on any atom is -1.00 e. The minimum atomic E-state index is -3.54. The van der Waals surface area contributed by atoms with Gasteiger partial charge in [-0.05, 0) is 167 Å². The summed E-state index contributed by atoms with van der Waals surface area (Å²) in [7, 11) is -10.1. The van der Waals surface area contributed by atoms with Crippen molar-refractivity contribution in [2.45, 2.75) is 217 Å². The molecular weight excluding hydrogens is 1590 g/mol. The number of anilines is 2. The topological polar surface area (TPSA) is 310 Å². The van der Waals surface area contributed by atoms with E-state index in [1.807, 2.05) is 67.6 Å². The van der Waals surface area contributed by atoms with Crippen LogP contribution in [-0.2, 0) is 132 Å². The van der Waals surface area contributed by atoms with Crippen LogP contribution in [0, 0.1) is 11.6 Å². The van der Waals surface area contributed by atoms with Gasteiger partial charge in [0.05, 0.1) is 69.3 Å². The van der Waals surface area contributed by atoms with Gasteiger partial charge in [-0.1, -0.05) is 237 Å². The van der Waals surface area contributed by atoms with Crippen LogP contribution >= 0.6 is 7.60 Å². The monoisotopic (exact) mass is 1720 g/mol. The molecular formula is C91H130ClF2N4O17PS2. The Kier molecular flexibility index (Phi) is 49.5. The first-order chi connectivity index (χ1) is 54.3. The summed E-state index contributed by atoms with van der Waals surface area (Å²) < 4.78 is 107. The van der Waals surface area contributed by atoms with E-state index in [1.165, 1.54) is 69.5 Å². The first-order valence-corrected chi connectivity index (χ1v) is 44.3. The van der Waals surface area contributed by atoms with Crippen LogP contribution in [0.5, 0.6) is 0 Å². The molecule has 0 saturated heterocycles. The van der Waals surface area contributed by atoms with Crippen LogP contribution in [0.25, 0.3) is 6.08 Å². The Bertz CT molecular complexity index is 4490. The zero-order chi connectivity index (χ0) is 89.0. The van der Waals surface area contributed by atoms with Crippen LogP contribution < -0.4 is 32.9 Å². The summed E-state index contributed by atoms with van der Waals surface area (Å²) in [5, 5.41) is 11.3. The molecule has 654 valence electrons. The maximum absolute atomic E-state index is 14.0. The molecule has 0 unspecified atom stereocenters. The normalized spacial score (nSPS) is 11.5. The predicted molar refractivity (Wildman–Crippen MR) is 467 cm³/mol. The van der Waals surface area contributed by atoms with Gasteiger partial charge in [0.15, 0.2) is 0 Å². The summed E-state index contributed by atoms with van der Waals surface area (Å²) >= 11 is 0. The molecule has 0 fully saturated rings. The molecule has 0 aliphatic carbocycles. The lowest BCUT2D eigenvalue weighted by atomic mass is 9.86. The fourth-order valence-corrected chi connectivity index (χ4v) is 12.2. The number of carbonyl (C=O) groups is 5. The lowest BCUT2D eigenvalue weighted by molar-refractivity contribution is -0.386. The summed E-state index contributed by atoms with van der Waals surface area (Å²) in [5.41, 5.74) is 17.0. The summed E-state index contributed by atoms with van der Waals surface area (Å²) in [5.74, 6) is -1.32. The highest BCUT2D eigenvalue weighted by Gasteiger charge is 2.21. The third-order valence-corrected chi connectivity index (χ3v) is 19.5. The molecule has 1 amide bonds. The molecule has 27 heteroatoms. The van der Waals surface area contributed by atoms with Gasteiger partial charge in [0, 0.05) is 43.0 Å². The van der Waals surface area contributed by atoms with Gasteiger partial charge in [0.1, 0.15) is 24.2 Å². The molecule has 118 heavy (non-hydrogen) atoms. The number of aldehydes is 1. The number of amides is 1. The Morgan fingerprint density at radius 3 is 1.15 bits per heavy atom. The molecule has 0 heterocycles. The smallest absolute Gasteiger partial charge is 0.357 e. The molecule has 0 atom stereocenters. The number of carbonyl (C=O) groups excluding carboxylic acids is 4. The Labute approximate surface area is 708 Å². The van der Waals surface area contributed by atoms with Crippen molar-refractivity contribution < 1.29 is 106 Å². The third kappa shape index (κ3) is 48.8. The van der Waals surface area contributed by atoms with Gasteiger partial charge in [-0.25, -0.2) is 30.4 Å². The van der Waals surface area contributed by atoms with Crippen LogP contribution in [0.15, 0.2) is 176 Å². The van der Waals surface area contributed by atoms with Gasteiger partial charge in [-0.2, -0.15) is 4.89 Å². The lowest BCUT2D eigenvalue weighted by Gasteiger charge is -2.19. The molecule has 7 N–H and O–H groups in total. The van der Waals surface area contributed by atoms with Gasteiger partial charge in [0.2, 0.25) is 26.0 Å². The van der Waals surface area contributed by atoms with E-state index in [2.05, 4.69) is 195 Å². The number of nitrogens with one attached hydrogen (secondary N) is 3. The van der Waals surface area contributed by atoms with E-state index in [0.29, 0.717) is 70.8 Å². The average Bonchev–Trinajstić information content (AvgIpc) is 0.893. The molecule has 0 aliphatic heterocycles. The number of aryl methyl sites for hydroxylation is 3. The van der Waals surface area contributed by atoms with Gasteiger partial charge < -0.3 is 52.0 Å². The second-order valence-electron chi connectivity index (χ2n) is 32.1. The summed E-state index contributed by atoms with van der Waals surface area (Å²) in [6, 6.07) is 49.2. The molecule has 7 aromatic rings. The summed E-state index contributed by atoms with van der Waals surface area (Å²) in [4.78, 5) is 64.3. The van der Waals surface area contributed by atoms with Crippen molar-refractivity contribution >= 4 is 75.2 Å². The fourth-order valence-electron chi connectivity index (χ4n) is 9.94. The number of rotatable bonds is 29. The van der Waals surface area contributed by atoms with Crippen molar-refractivity contribution in [3.63, 3.8) is 0 Å². The van der Waals surface area contributed by atoms with Crippen LogP contribution in [-0.4, -0.2) is 97.6 Å². The lowest BCUT2D eigenvalue weighted by Crippen LogP contribution is -3.00. The maximum Gasteiger partial charge on any atom is 0.357 e. The van der Waals surface area contributed by atoms with Crippen LogP contribution in [0.1, 0.15) is 229 Å². The summed E-state index contributed by atoms with van der Waals surface area (Å²) in [6.45, 7) is 44.0. The Hall–Kier alpha value is -8.91. The second kappa shape index (κ2) is 53.6. The zero-order valence-corrected chi connectivity index (χ0v) is 76.5. The number of hydrogen-bond acceptors (Lipinski definition) is 16. The molecule has 0 saturated carbocycles. The molecule has 0 spiro atoms. The van der Waals surface area contributed by atoms with Crippen molar-refractivity contribution in [2.24, 2.45) is 0 Å². The molecule has 21 nitrogen and oxygen atoms in total. The van der Waals surface area contributed by atoms with E-state index in [1.54, 1.807) is 45.9 Å². The number of carboxylic acid groups (broad SMARTS) is 1. The van der Waals surface area contributed by atoms with E-state index in [9.17, 15) is 54.2 Å². The number of halogens is 3. The van der Waals surface area contributed by atoms with Crippen LogP contribution in [0.3, 0.4) is 0 Å². The second-order valence-corrected chi connectivity index (χ2v) is 37.4. The molecule has 0 aliphatic rings. The van der Waals surface area contributed by atoms with Crippen molar-refractivity contribution in [3.8, 4) is 0 Å². The number of hydrogen-bond donors (Lipinski definition) is 5. The zero-order valence-electron chi connectivity index (χ0n) is 73.2. The number of sulfonamides is 2. The van der Waals surface area contributed by atoms with E-state index < -0.39 is 45.2 Å². The first kappa shape index (κ1) is 109. The summed E-state index contributed by atoms with van der Waals surface area (Å²) in [6.07, 6.45) is 10.2. The van der Waals surface area contributed by atoms with Gasteiger partial charge >= 0.3 is 25.5 Å². The van der Waals surface area contributed by atoms with E-state index in [4.69, 9.17) is 23.6 Å². The number of aliphatic carboxylic acids is 1. The Morgan fingerprint density at radius 2 is 0.822 bits per heavy atom. The predicted octanol–water partition coefficient (Wildman–Crippen LogP) is 16.2. The Morgan fingerprint density at radius 1 is 0.475 bits per heavy atom. The molecule has 0 aromatic heterocycles. The quantitative estimate of drug-likeness (QED) is 0.00425. The highest BCUT2D eigenvalue weighted by molar-refractivity contribution is 7.92. The number of quaternary nitrogens is 1. The average molecular weight is 1720 g/mol. The standard InChI is InChI=1S/C21H27FN2O3S.C15H22O2.C15H20O2.C13H18O2.C11H14O.C8H11FN2O2S.C8H17O5P.ClH/c1-21(2,3)17-9-5-15(6-10-17)8-12-20(25)23-14-16-7-11-19(18(22)13-16)24-28(4,26)27;2*1-5-17-14(16)11-8-12-6-9-13(10-7-12)15(2,3)4;1-13(2,3)11-7-4-10(5-8-11)6-9-12(14)15;1-11(2,3)10-6-4-9(8-12)5-7-10;1-14(12,13)11-8-3-2-6(5-10)4-7(8)9;1-4-10-11-7-8-14(9,12-5-2)13-6-3;/h5-7,9-11,13,24H,8,12,14H2,1-4H3,(H,23,25);6-7,9-10H,5,8,11H2,1-4H3;6-11H,5H2,1-4H3;4-5,7-8H,6,9H2,1-3H3,(H,14,15);4-8H,1-3H3;2-4,11H,5,10H2,1H3;7-8H,4-6H2,1-3H3;1H/b;;11-8-;;;;8-7+;. The highest BCUT2D eigenvalue weighted by atomic mass is 35.5. The molecule has 0 bridgehead atoms. The van der Waals surface area contributed by atoms with Crippen LogP contribution in [0.2, 0.25) is 0 Å². The first-order valence-electron chi connectivity index (χ1n) is 38.9. The van der Waals surface area contributed by atoms with Gasteiger partial charge in [0.25, 0.3) is 0 Å². The number of ether oxygens (including phenoxy) is 2. The van der Waals surface area contributed by atoms with E-state index in [0.717, 1.165) is 59.3 Å². The van der Waals surface area contributed by atoms with E-state index in [-0.39, 0.29) is 81.7 Å². The molecule has 0 radical (unpaired) electrons.